The molecule has 0 spiro atoms. The summed E-state index contributed by atoms with van der Waals surface area (Å²) in [5.74, 6) is 1.03. The van der Waals surface area contributed by atoms with Gasteiger partial charge in [-0.25, -0.2) is 4.98 Å². The molecule has 0 aliphatic carbocycles. The molecule has 2 heterocycles. The standard InChI is InChI=1S/C14H22N4OS/c1-8-7-9-11(17-13(15)18-12(9)20-8)16-10(5-6-19)14(2,3)4/h7,10,19H,5-6H2,1-4H3,(H3,15,16,17,18). The number of anilines is 2. The van der Waals surface area contributed by atoms with Crippen LogP contribution in [0.15, 0.2) is 6.07 Å². The van der Waals surface area contributed by atoms with Gasteiger partial charge in [-0.2, -0.15) is 4.98 Å². The number of aryl methyl sites for hydroxylation is 1. The predicted octanol–water partition coefficient (Wildman–Crippen LogP) is 2.79. The second-order valence-electron chi connectivity index (χ2n) is 6.08. The van der Waals surface area contributed by atoms with Crippen molar-refractivity contribution in [1.82, 2.24) is 9.97 Å². The quantitative estimate of drug-likeness (QED) is 0.807. The SMILES string of the molecule is Cc1cc2c(NC(CCO)C(C)(C)C)nc(N)nc2s1. The number of nitrogens with zero attached hydrogens (tertiary/aromatic N) is 2. The first kappa shape index (κ1) is 15.0. The predicted molar refractivity (Wildman–Crippen MR) is 85.1 cm³/mol. The van der Waals surface area contributed by atoms with Crippen LogP contribution in [0.3, 0.4) is 0 Å². The summed E-state index contributed by atoms with van der Waals surface area (Å²) in [5, 5.41) is 13.7. The maximum Gasteiger partial charge on any atom is 0.223 e. The summed E-state index contributed by atoms with van der Waals surface area (Å²) < 4.78 is 0. The number of thiophene rings is 1. The number of rotatable bonds is 4. The molecular weight excluding hydrogens is 272 g/mol. The molecule has 110 valence electrons. The van der Waals surface area contributed by atoms with E-state index in [2.05, 4.69) is 42.1 Å². The summed E-state index contributed by atoms with van der Waals surface area (Å²) in [5.41, 5.74) is 5.80. The van der Waals surface area contributed by atoms with Gasteiger partial charge in [0.15, 0.2) is 0 Å². The van der Waals surface area contributed by atoms with Crippen molar-refractivity contribution in [2.45, 2.75) is 40.2 Å². The fourth-order valence-corrected chi connectivity index (χ4v) is 3.07. The fourth-order valence-electron chi connectivity index (χ4n) is 2.18. The van der Waals surface area contributed by atoms with Crippen molar-refractivity contribution in [2.24, 2.45) is 5.41 Å². The van der Waals surface area contributed by atoms with Crippen molar-refractivity contribution in [3.63, 3.8) is 0 Å². The number of nitrogen functional groups attached to an aromatic ring is 1. The van der Waals surface area contributed by atoms with E-state index in [1.165, 1.54) is 4.88 Å². The molecule has 1 atom stereocenters. The summed E-state index contributed by atoms with van der Waals surface area (Å²) in [6.45, 7) is 8.60. The average molecular weight is 294 g/mol. The lowest BCUT2D eigenvalue weighted by Gasteiger charge is -2.31. The van der Waals surface area contributed by atoms with Gasteiger partial charge in [-0.3, -0.25) is 0 Å². The Morgan fingerprint density at radius 2 is 2.10 bits per heavy atom. The van der Waals surface area contributed by atoms with Gasteiger partial charge in [-0.05, 0) is 24.8 Å². The molecule has 2 rings (SSSR count). The average Bonchev–Trinajstić information content (AvgIpc) is 2.67. The van der Waals surface area contributed by atoms with Gasteiger partial charge in [-0.15, -0.1) is 11.3 Å². The third-order valence-corrected chi connectivity index (χ3v) is 4.25. The molecule has 0 saturated heterocycles. The third kappa shape index (κ3) is 3.19. The number of fused-ring (bicyclic) bond motifs is 1. The molecule has 0 saturated carbocycles. The summed E-state index contributed by atoms with van der Waals surface area (Å²) >= 11 is 1.61. The number of hydrogen-bond acceptors (Lipinski definition) is 6. The summed E-state index contributed by atoms with van der Waals surface area (Å²) in [4.78, 5) is 10.7. The molecule has 0 fully saturated rings. The number of aromatic nitrogens is 2. The van der Waals surface area contributed by atoms with Crippen LogP contribution in [0.2, 0.25) is 0 Å². The van der Waals surface area contributed by atoms with Gasteiger partial charge < -0.3 is 16.2 Å². The van der Waals surface area contributed by atoms with Gasteiger partial charge in [0.05, 0.1) is 5.39 Å². The van der Waals surface area contributed by atoms with Crippen molar-refractivity contribution in [1.29, 1.82) is 0 Å². The van der Waals surface area contributed by atoms with E-state index in [9.17, 15) is 5.11 Å². The van der Waals surface area contributed by atoms with E-state index in [-0.39, 0.29) is 24.0 Å². The molecule has 4 N–H and O–H groups in total. The van der Waals surface area contributed by atoms with Gasteiger partial charge >= 0.3 is 0 Å². The number of nitrogens with two attached hydrogens (primary N) is 1. The van der Waals surface area contributed by atoms with Crippen molar-refractivity contribution in [3.05, 3.63) is 10.9 Å². The van der Waals surface area contributed by atoms with Crippen LogP contribution in [0.25, 0.3) is 10.2 Å². The highest BCUT2D eigenvalue weighted by Gasteiger charge is 2.25. The topological polar surface area (TPSA) is 84.1 Å². The molecule has 5 nitrogen and oxygen atoms in total. The van der Waals surface area contributed by atoms with E-state index < -0.39 is 0 Å². The van der Waals surface area contributed by atoms with Crippen LogP contribution in [0.1, 0.15) is 32.1 Å². The molecule has 20 heavy (non-hydrogen) atoms. The highest BCUT2D eigenvalue weighted by Crippen LogP contribution is 2.32. The van der Waals surface area contributed by atoms with Crippen LogP contribution >= 0.6 is 11.3 Å². The molecule has 0 aliphatic heterocycles. The zero-order valence-corrected chi connectivity index (χ0v) is 13.2. The van der Waals surface area contributed by atoms with Crippen molar-refractivity contribution >= 4 is 33.3 Å². The maximum atomic E-state index is 9.25. The number of nitrogens with one attached hydrogen (secondary N) is 1. The second kappa shape index (κ2) is 5.54. The maximum absolute atomic E-state index is 9.25. The monoisotopic (exact) mass is 294 g/mol. The normalized spacial score (nSPS) is 13.7. The van der Waals surface area contributed by atoms with Crippen molar-refractivity contribution < 1.29 is 5.11 Å². The van der Waals surface area contributed by atoms with Gasteiger partial charge in [-0.1, -0.05) is 20.8 Å². The Morgan fingerprint density at radius 3 is 2.70 bits per heavy atom. The minimum atomic E-state index is 0.0137. The minimum absolute atomic E-state index is 0.0137. The highest BCUT2D eigenvalue weighted by atomic mass is 32.1. The molecule has 1 unspecified atom stereocenters. The smallest absolute Gasteiger partial charge is 0.223 e. The van der Waals surface area contributed by atoms with E-state index in [0.717, 1.165) is 16.0 Å². The Balaban J connectivity index is 2.41. The molecular formula is C14H22N4OS. The van der Waals surface area contributed by atoms with E-state index in [4.69, 9.17) is 5.73 Å². The zero-order chi connectivity index (χ0) is 14.9. The molecule has 2 aromatic heterocycles. The molecule has 0 aromatic carbocycles. The summed E-state index contributed by atoms with van der Waals surface area (Å²) in [7, 11) is 0. The number of hydrogen-bond donors (Lipinski definition) is 3. The number of aliphatic hydroxyl groups is 1. The Hall–Kier alpha value is -1.40. The lowest BCUT2D eigenvalue weighted by Crippen LogP contribution is -2.35. The van der Waals surface area contributed by atoms with Crippen molar-refractivity contribution in [2.75, 3.05) is 17.7 Å². The Kier molecular flexibility index (Phi) is 4.15. The molecule has 2 aromatic rings. The highest BCUT2D eigenvalue weighted by molar-refractivity contribution is 7.18. The summed E-state index contributed by atoms with van der Waals surface area (Å²) in [6.07, 6.45) is 0.665. The Bertz CT molecular complexity index is 603. The largest absolute Gasteiger partial charge is 0.396 e. The molecule has 0 amide bonds. The van der Waals surface area contributed by atoms with E-state index in [0.29, 0.717) is 6.42 Å². The van der Waals surface area contributed by atoms with Gasteiger partial charge in [0, 0.05) is 17.5 Å². The van der Waals surface area contributed by atoms with E-state index in [1.807, 2.05) is 6.92 Å². The lowest BCUT2D eigenvalue weighted by molar-refractivity contribution is 0.235. The van der Waals surface area contributed by atoms with Crippen LogP contribution in [-0.4, -0.2) is 27.7 Å². The van der Waals surface area contributed by atoms with E-state index in [1.54, 1.807) is 11.3 Å². The Labute approximate surface area is 123 Å². The molecule has 0 bridgehead atoms. The minimum Gasteiger partial charge on any atom is -0.396 e. The second-order valence-corrected chi connectivity index (χ2v) is 7.32. The first-order valence-corrected chi connectivity index (χ1v) is 7.54. The van der Waals surface area contributed by atoms with E-state index >= 15 is 0 Å². The van der Waals surface area contributed by atoms with Crippen LogP contribution in [0, 0.1) is 12.3 Å². The first-order valence-electron chi connectivity index (χ1n) is 6.72. The van der Waals surface area contributed by atoms with Crippen LogP contribution in [0.4, 0.5) is 11.8 Å². The fraction of sp³-hybridized carbons (Fsp3) is 0.571. The third-order valence-electron chi connectivity index (χ3n) is 3.31. The first-order chi connectivity index (χ1) is 9.31. The van der Waals surface area contributed by atoms with Crippen molar-refractivity contribution in [3.8, 4) is 0 Å². The van der Waals surface area contributed by atoms with Crippen LogP contribution < -0.4 is 11.1 Å². The lowest BCUT2D eigenvalue weighted by atomic mass is 9.85. The molecule has 0 aliphatic rings. The van der Waals surface area contributed by atoms with Crippen LogP contribution in [0.5, 0.6) is 0 Å². The molecule has 6 heteroatoms. The van der Waals surface area contributed by atoms with Gasteiger partial charge in [0.1, 0.15) is 10.6 Å². The summed E-state index contributed by atoms with van der Waals surface area (Å²) in [6, 6.07) is 2.19. The van der Waals surface area contributed by atoms with Gasteiger partial charge in [0.25, 0.3) is 0 Å². The Morgan fingerprint density at radius 1 is 1.40 bits per heavy atom. The van der Waals surface area contributed by atoms with Gasteiger partial charge in [0.2, 0.25) is 5.95 Å². The number of aliphatic hydroxyl groups excluding tert-OH is 1. The molecule has 0 radical (unpaired) electrons. The van der Waals surface area contributed by atoms with Crippen LogP contribution in [-0.2, 0) is 0 Å². The zero-order valence-electron chi connectivity index (χ0n) is 12.4.